The van der Waals surface area contributed by atoms with Crippen LogP contribution in [0.15, 0.2) is 18.2 Å². The molecule has 3 rings (SSSR count). The molecule has 0 bridgehead atoms. The van der Waals surface area contributed by atoms with E-state index >= 15 is 0 Å². The Kier molecular flexibility index (Phi) is 5.02. The number of hydrogen-bond donors (Lipinski definition) is 0. The van der Waals surface area contributed by atoms with E-state index in [0.29, 0.717) is 5.88 Å². The van der Waals surface area contributed by atoms with E-state index in [-0.39, 0.29) is 5.82 Å². The molecule has 0 unspecified atom stereocenters. The lowest BCUT2D eigenvalue weighted by Crippen LogP contribution is -2.38. The lowest BCUT2D eigenvalue weighted by molar-refractivity contribution is 0.249. The third kappa shape index (κ3) is 3.89. The highest BCUT2D eigenvalue weighted by molar-refractivity contribution is 6.17. The fraction of sp³-hybridized carbons (Fsp3) is 0.647. The van der Waals surface area contributed by atoms with Gasteiger partial charge in [-0.2, -0.15) is 0 Å². The van der Waals surface area contributed by atoms with Gasteiger partial charge in [0.2, 0.25) is 0 Å². The van der Waals surface area contributed by atoms with E-state index in [2.05, 4.69) is 9.80 Å². The number of alkyl halides is 1. The van der Waals surface area contributed by atoms with Gasteiger partial charge in [-0.1, -0.05) is 0 Å². The van der Waals surface area contributed by atoms with Crippen molar-refractivity contribution in [3.8, 4) is 0 Å². The van der Waals surface area contributed by atoms with Crippen LogP contribution < -0.4 is 4.90 Å². The van der Waals surface area contributed by atoms with Crippen LogP contribution >= 0.6 is 11.6 Å². The van der Waals surface area contributed by atoms with Crippen molar-refractivity contribution in [2.75, 3.05) is 37.6 Å². The lowest BCUT2D eigenvalue weighted by Gasteiger charge is -2.35. The first-order chi connectivity index (χ1) is 10.2. The molecule has 116 valence electrons. The van der Waals surface area contributed by atoms with Crippen molar-refractivity contribution < 1.29 is 4.39 Å². The molecule has 1 aromatic rings. The fourth-order valence-corrected chi connectivity index (χ4v) is 3.75. The lowest BCUT2D eigenvalue weighted by atomic mass is 9.95. The first-order valence-corrected chi connectivity index (χ1v) is 8.61. The Morgan fingerprint density at radius 2 is 1.76 bits per heavy atom. The zero-order valence-electron chi connectivity index (χ0n) is 12.5. The molecule has 2 saturated heterocycles. The molecule has 0 aliphatic carbocycles. The summed E-state index contributed by atoms with van der Waals surface area (Å²) < 4.78 is 13.6. The summed E-state index contributed by atoms with van der Waals surface area (Å²) in [4.78, 5) is 4.91. The van der Waals surface area contributed by atoms with Gasteiger partial charge in [-0.05, 0) is 68.5 Å². The number of piperidine rings is 1. The topological polar surface area (TPSA) is 6.48 Å². The van der Waals surface area contributed by atoms with Crippen LogP contribution in [0.2, 0.25) is 0 Å². The first kappa shape index (κ1) is 15.1. The van der Waals surface area contributed by atoms with Crippen molar-refractivity contribution in [3.05, 3.63) is 29.6 Å². The summed E-state index contributed by atoms with van der Waals surface area (Å²) in [6.45, 7) is 5.88. The van der Waals surface area contributed by atoms with Gasteiger partial charge in [0.05, 0.1) is 0 Å². The minimum absolute atomic E-state index is 0.178. The van der Waals surface area contributed by atoms with E-state index in [4.69, 9.17) is 11.6 Å². The largest absolute Gasteiger partial charge is 0.371 e. The average molecular weight is 311 g/mol. The van der Waals surface area contributed by atoms with E-state index in [1.165, 1.54) is 51.4 Å². The van der Waals surface area contributed by atoms with Crippen LogP contribution in [0, 0.1) is 11.7 Å². The van der Waals surface area contributed by atoms with Gasteiger partial charge < -0.3 is 9.80 Å². The number of likely N-dealkylation sites (tertiary alicyclic amines) is 1. The van der Waals surface area contributed by atoms with Crippen LogP contribution in [0.1, 0.15) is 31.2 Å². The average Bonchev–Trinajstić information content (AvgIpc) is 3.00. The molecule has 0 radical (unpaired) electrons. The highest BCUT2D eigenvalue weighted by Crippen LogP contribution is 2.26. The van der Waals surface area contributed by atoms with Gasteiger partial charge in [0, 0.05) is 31.2 Å². The van der Waals surface area contributed by atoms with Crippen molar-refractivity contribution in [2.45, 2.75) is 31.6 Å². The molecule has 2 heterocycles. The van der Waals surface area contributed by atoms with Crippen LogP contribution in [-0.4, -0.2) is 37.6 Å². The zero-order valence-corrected chi connectivity index (χ0v) is 13.3. The molecular formula is C17H24ClFN2. The third-order valence-electron chi connectivity index (χ3n) is 4.79. The second-order valence-electron chi connectivity index (χ2n) is 6.39. The number of anilines is 1. The molecule has 2 aliphatic rings. The number of hydrogen-bond acceptors (Lipinski definition) is 2. The molecule has 0 amide bonds. The number of halogens is 2. The predicted octanol–water partition coefficient (Wildman–Crippen LogP) is 3.88. The highest BCUT2D eigenvalue weighted by Gasteiger charge is 2.23. The van der Waals surface area contributed by atoms with Crippen LogP contribution in [0.3, 0.4) is 0 Å². The van der Waals surface area contributed by atoms with Crippen molar-refractivity contribution in [1.82, 2.24) is 4.90 Å². The standard InChI is InChI=1S/C17H24ClFN2/c18-12-15-9-16(19)11-17(10-15)21-7-3-14(4-8-21)13-20-5-1-2-6-20/h9-11,14H,1-8,12-13H2. The van der Waals surface area contributed by atoms with E-state index < -0.39 is 0 Å². The Morgan fingerprint density at radius 1 is 1.05 bits per heavy atom. The maximum atomic E-state index is 13.6. The Morgan fingerprint density at radius 3 is 2.43 bits per heavy atom. The fourth-order valence-electron chi connectivity index (χ4n) is 3.60. The molecule has 2 aliphatic heterocycles. The number of nitrogens with zero attached hydrogens (tertiary/aromatic N) is 2. The molecule has 4 heteroatoms. The molecule has 0 atom stereocenters. The third-order valence-corrected chi connectivity index (χ3v) is 5.10. The van der Waals surface area contributed by atoms with E-state index in [9.17, 15) is 4.39 Å². The minimum Gasteiger partial charge on any atom is -0.371 e. The van der Waals surface area contributed by atoms with Crippen LogP contribution in [0.5, 0.6) is 0 Å². The molecule has 0 N–H and O–H groups in total. The molecule has 2 nitrogen and oxygen atoms in total. The second kappa shape index (κ2) is 6.97. The van der Waals surface area contributed by atoms with E-state index in [1.807, 2.05) is 6.07 Å². The SMILES string of the molecule is Fc1cc(CCl)cc(N2CCC(CN3CCCC3)CC2)c1. The molecular weight excluding hydrogens is 287 g/mol. The van der Waals surface area contributed by atoms with Crippen molar-refractivity contribution in [1.29, 1.82) is 0 Å². The summed E-state index contributed by atoms with van der Waals surface area (Å²) in [5, 5.41) is 0. The number of rotatable bonds is 4. The van der Waals surface area contributed by atoms with Gasteiger partial charge in [-0.25, -0.2) is 4.39 Å². The zero-order chi connectivity index (χ0) is 14.7. The molecule has 21 heavy (non-hydrogen) atoms. The van der Waals surface area contributed by atoms with Gasteiger partial charge >= 0.3 is 0 Å². The summed E-state index contributed by atoms with van der Waals surface area (Å²) in [6, 6.07) is 5.18. The molecule has 0 spiro atoms. The molecule has 2 fully saturated rings. The van der Waals surface area contributed by atoms with E-state index in [0.717, 1.165) is 30.3 Å². The number of benzene rings is 1. The highest BCUT2D eigenvalue weighted by atomic mass is 35.5. The summed E-state index contributed by atoms with van der Waals surface area (Å²) in [5.74, 6) is 0.999. The molecule has 0 saturated carbocycles. The van der Waals surface area contributed by atoms with Crippen LogP contribution in [0.25, 0.3) is 0 Å². The van der Waals surface area contributed by atoms with Crippen LogP contribution in [-0.2, 0) is 5.88 Å². The molecule has 1 aromatic carbocycles. The monoisotopic (exact) mass is 310 g/mol. The first-order valence-electron chi connectivity index (χ1n) is 8.07. The quantitative estimate of drug-likeness (QED) is 0.779. The molecule has 0 aromatic heterocycles. The Bertz CT molecular complexity index is 466. The van der Waals surface area contributed by atoms with Crippen molar-refractivity contribution in [2.24, 2.45) is 5.92 Å². The Hall–Kier alpha value is -0.800. The van der Waals surface area contributed by atoms with Gasteiger partial charge in [-0.15, -0.1) is 11.6 Å². The normalized spacial score (nSPS) is 21.1. The van der Waals surface area contributed by atoms with Crippen LogP contribution in [0.4, 0.5) is 10.1 Å². The van der Waals surface area contributed by atoms with Gasteiger partial charge in [-0.3, -0.25) is 0 Å². The van der Waals surface area contributed by atoms with Gasteiger partial charge in [0.1, 0.15) is 5.82 Å². The van der Waals surface area contributed by atoms with Crippen molar-refractivity contribution in [3.63, 3.8) is 0 Å². The Labute approximate surface area is 131 Å². The second-order valence-corrected chi connectivity index (χ2v) is 6.66. The Balaban J connectivity index is 1.56. The summed E-state index contributed by atoms with van der Waals surface area (Å²) in [5.41, 5.74) is 1.86. The summed E-state index contributed by atoms with van der Waals surface area (Å²) in [7, 11) is 0. The minimum atomic E-state index is -0.178. The summed E-state index contributed by atoms with van der Waals surface area (Å²) >= 11 is 5.84. The van der Waals surface area contributed by atoms with E-state index in [1.54, 1.807) is 6.07 Å². The maximum absolute atomic E-state index is 13.6. The maximum Gasteiger partial charge on any atom is 0.125 e. The summed E-state index contributed by atoms with van der Waals surface area (Å²) in [6.07, 6.45) is 5.15. The van der Waals surface area contributed by atoms with Gasteiger partial charge in [0.25, 0.3) is 0 Å². The van der Waals surface area contributed by atoms with Crippen molar-refractivity contribution >= 4 is 17.3 Å². The predicted molar refractivity (Wildman–Crippen MR) is 86.6 cm³/mol. The smallest absolute Gasteiger partial charge is 0.125 e. The van der Waals surface area contributed by atoms with Gasteiger partial charge in [0.15, 0.2) is 0 Å².